The first-order valence-electron chi connectivity index (χ1n) is 9.42. The molecule has 0 aliphatic carbocycles. The van der Waals surface area contributed by atoms with Gasteiger partial charge < -0.3 is 19.9 Å². The van der Waals surface area contributed by atoms with Crippen LogP contribution in [0.5, 0.6) is 0 Å². The molecule has 1 N–H and O–H groups in total. The number of thiophene rings is 1. The number of hydrogen-bond donors (Lipinski definition) is 1. The zero-order chi connectivity index (χ0) is 18.5. The molecule has 0 saturated carbocycles. The predicted molar refractivity (Wildman–Crippen MR) is 105 cm³/mol. The average molecular weight is 379 g/mol. The zero-order valence-corrected chi connectivity index (χ0v) is 16.8. The molecule has 2 saturated heterocycles. The van der Waals surface area contributed by atoms with Gasteiger partial charge >= 0.3 is 0 Å². The van der Waals surface area contributed by atoms with Crippen LogP contribution in [0.1, 0.15) is 30.7 Å². The van der Waals surface area contributed by atoms with Gasteiger partial charge in [-0.1, -0.05) is 6.07 Å². The fourth-order valence-electron chi connectivity index (χ4n) is 3.61. The second-order valence-corrected chi connectivity index (χ2v) is 8.41. The fraction of sp³-hybridized carbons (Fsp3) is 0.684. The van der Waals surface area contributed by atoms with Gasteiger partial charge in [-0.3, -0.25) is 4.79 Å². The van der Waals surface area contributed by atoms with Gasteiger partial charge in [0.15, 0.2) is 5.96 Å². The number of carbonyl (C=O) groups is 1. The fourth-order valence-corrected chi connectivity index (χ4v) is 4.35. The normalized spacial score (nSPS) is 24.7. The van der Waals surface area contributed by atoms with Crippen molar-refractivity contribution in [2.75, 3.05) is 46.9 Å². The third-order valence-electron chi connectivity index (χ3n) is 5.33. The molecule has 0 radical (unpaired) electrons. The Kier molecular flexibility index (Phi) is 6.53. The molecule has 26 heavy (non-hydrogen) atoms. The van der Waals surface area contributed by atoms with Crippen molar-refractivity contribution in [3.05, 3.63) is 22.4 Å². The molecule has 144 valence electrons. The Bertz CT molecular complexity index is 611. The topological polar surface area (TPSA) is 57.2 Å². The quantitative estimate of drug-likeness (QED) is 0.630. The van der Waals surface area contributed by atoms with Crippen molar-refractivity contribution < 1.29 is 9.53 Å². The van der Waals surface area contributed by atoms with E-state index in [1.165, 1.54) is 17.7 Å². The minimum Gasteiger partial charge on any atom is -0.381 e. The van der Waals surface area contributed by atoms with Crippen LogP contribution >= 0.6 is 11.3 Å². The van der Waals surface area contributed by atoms with Crippen molar-refractivity contribution in [2.24, 2.45) is 16.8 Å². The number of ether oxygens (including phenoxy) is 1. The standard InChI is InChI=1S/C19H30N4O2S/c1-14(17-5-4-10-26-17)21-19(20-11-18(24)22(2)3)23-8-6-15(12-23)16-7-9-25-13-16/h4-5,10,14-16H,6-9,11-13H2,1-3H3,(H,20,21). The van der Waals surface area contributed by atoms with Crippen LogP contribution in [0.25, 0.3) is 0 Å². The molecule has 0 bridgehead atoms. The largest absolute Gasteiger partial charge is 0.381 e. The smallest absolute Gasteiger partial charge is 0.243 e. The summed E-state index contributed by atoms with van der Waals surface area (Å²) >= 11 is 1.74. The Balaban J connectivity index is 1.67. The number of nitrogens with one attached hydrogen (secondary N) is 1. The molecular formula is C19H30N4O2S. The van der Waals surface area contributed by atoms with E-state index in [0.29, 0.717) is 11.8 Å². The van der Waals surface area contributed by atoms with Crippen LogP contribution < -0.4 is 5.32 Å². The van der Waals surface area contributed by atoms with E-state index in [1.54, 1.807) is 30.3 Å². The number of guanidine groups is 1. The Morgan fingerprint density at radius 2 is 2.31 bits per heavy atom. The van der Waals surface area contributed by atoms with E-state index in [-0.39, 0.29) is 18.5 Å². The number of rotatable bonds is 5. The van der Waals surface area contributed by atoms with Crippen LogP contribution in [0.3, 0.4) is 0 Å². The number of likely N-dealkylation sites (tertiary alicyclic amines) is 1. The van der Waals surface area contributed by atoms with Gasteiger partial charge in [-0.2, -0.15) is 0 Å². The summed E-state index contributed by atoms with van der Waals surface area (Å²) in [5, 5.41) is 5.64. The molecule has 2 aliphatic rings. The lowest BCUT2D eigenvalue weighted by Crippen LogP contribution is -2.42. The average Bonchev–Trinajstić information content (AvgIpc) is 3.38. The van der Waals surface area contributed by atoms with Crippen LogP contribution in [0.4, 0.5) is 0 Å². The summed E-state index contributed by atoms with van der Waals surface area (Å²) < 4.78 is 5.57. The number of nitrogens with zero attached hydrogens (tertiary/aromatic N) is 3. The molecule has 6 nitrogen and oxygen atoms in total. The first-order chi connectivity index (χ1) is 12.5. The molecule has 0 aromatic carbocycles. The summed E-state index contributed by atoms with van der Waals surface area (Å²) in [5.74, 6) is 2.20. The molecule has 3 atom stereocenters. The lowest BCUT2D eigenvalue weighted by atomic mass is 9.91. The van der Waals surface area contributed by atoms with Gasteiger partial charge in [0, 0.05) is 45.3 Å². The maximum absolute atomic E-state index is 12.0. The van der Waals surface area contributed by atoms with E-state index in [9.17, 15) is 4.79 Å². The van der Waals surface area contributed by atoms with Crippen LogP contribution in [0.2, 0.25) is 0 Å². The number of hydrogen-bond acceptors (Lipinski definition) is 4. The second kappa shape index (κ2) is 8.86. The van der Waals surface area contributed by atoms with Gasteiger partial charge in [0.1, 0.15) is 6.54 Å². The molecule has 2 fully saturated rings. The van der Waals surface area contributed by atoms with Gasteiger partial charge in [-0.05, 0) is 43.0 Å². The van der Waals surface area contributed by atoms with Crippen molar-refractivity contribution in [1.29, 1.82) is 0 Å². The zero-order valence-electron chi connectivity index (χ0n) is 16.0. The molecule has 7 heteroatoms. The summed E-state index contributed by atoms with van der Waals surface area (Å²) in [5.41, 5.74) is 0. The molecule has 0 spiro atoms. The highest BCUT2D eigenvalue weighted by atomic mass is 32.1. The maximum Gasteiger partial charge on any atom is 0.243 e. The second-order valence-electron chi connectivity index (χ2n) is 7.43. The van der Waals surface area contributed by atoms with Gasteiger partial charge in [0.25, 0.3) is 0 Å². The van der Waals surface area contributed by atoms with E-state index in [2.05, 4.69) is 39.6 Å². The van der Waals surface area contributed by atoms with Crippen LogP contribution in [0.15, 0.2) is 22.5 Å². The first-order valence-corrected chi connectivity index (χ1v) is 10.3. The van der Waals surface area contributed by atoms with Crippen LogP contribution in [0, 0.1) is 11.8 Å². The van der Waals surface area contributed by atoms with Gasteiger partial charge in [0.2, 0.25) is 5.91 Å². The summed E-state index contributed by atoms with van der Waals surface area (Å²) in [4.78, 5) is 21.8. The van der Waals surface area contributed by atoms with Gasteiger partial charge in [-0.15, -0.1) is 11.3 Å². The van der Waals surface area contributed by atoms with Crippen molar-refractivity contribution >= 4 is 23.2 Å². The highest BCUT2D eigenvalue weighted by Gasteiger charge is 2.33. The molecule has 1 aromatic heterocycles. The highest BCUT2D eigenvalue weighted by Crippen LogP contribution is 2.30. The molecule has 2 aliphatic heterocycles. The first kappa shape index (κ1) is 19.2. The number of aliphatic imine (C=N–C) groups is 1. The highest BCUT2D eigenvalue weighted by molar-refractivity contribution is 7.10. The monoisotopic (exact) mass is 378 g/mol. The molecular weight excluding hydrogens is 348 g/mol. The minimum atomic E-state index is 0.0213. The number of likely N-dealkylation sites (N-methyl/N-ethyl adjacent to an activating group) is 1. The number of carbonyl (C=O) groups excluding carboxylic acids is 1. The Morgan fingerprint density at radius 3 is 2.96 bits per heavy atom. The van der Waals surface area contributed by atoms with Crippen molar-refractivity contribution in [3.63, 3.8) is 0 Å². The van der Waals surface area contributed by atoms with E-state index < -0.39 is 0 Å². The SMILES string of the molecule is CC(NC(=NCC(=O)N(C)C)N1CCC(C2CCOC2)C1)c1cccs1. The lowest BCUT2D eigenvalue weighted by Gasteiger charge is -2.26. The Labute approximate surface area is 160 Å². The van der Waals surface area contributed by atoms with Crippen LogP contribution in [-0.2, 0) is 9.53 Å². The summed E-state index contributed by atoms with van der Waals surface area (Å²) in [7, 11) is 3.54. The summed E-state index contributed by atoms with van der Waals surface area (Å²) in [6.45, 7) is 6.09. The minimum absolute atomic E-state index is 0.0213. The van der Waals surface area contributed by atoms with Crippen LogP contribution in [-0.4, -0.2) is 68.6 Å². The van der Waals surface area contributed by atoms with E-state index >= 15 is 0 Å². The van der Waals surface area contributed by atoms with Gasteiger partial charge in [-0.25, -0.2) is 4.99 Å². The van der Waals surface area contributed by atoms with E-state index in [1.807, 2.05) is 0 Å². The molecule has 3 rings (SSSR count). The molecule has 3 heterocycles. The van der Waals surface area contributed by atoms with Gasteiger partial charge in [0.05, 0.1) is 6.04 Å². The summed E-state index contributed by atoms with van der Waals surface area (Å²) in [6, 6.07) is 4.38. The third-order valence-corrected chi connectivity index (χ3v) is 6.39. The lowest BCUT2D eigenvalue weighted by molar-refractivity contribution is -0.127. The Hall–Kier alpha value is -1.60. The number of amides is 1. The van der Waals surface area contributed by atoms with Crippen molar-refractivity contribution in [1.82, 2.24) is 15.1 Å². The molecule has 1 amide bonds. The van der Waals surface area contributed by atoms with E-state index in [0.717, 1.165) is 32.3 Å². The molecule has 1 aromatic rings. The maximum atomic E-state index is 12.0. The van der Waals surface area contributed by atoms with Crippen molar-refractivity contribution in [2.45, 2.75) is 25.8 Å². The third kappa shape index (κ3) is 4.76. The Morgan fingerprint density at radius 1 is 1.46 bits per heavy atom. The predicted octanol–water partition coefficient (Wildman–Crippen LogP) is 2.20. The summed E-state index contributed by atoms with van der Waals surface area (Å²) in [6.07, 6.45) is 2.34. The van der Waals surface area contributed by atoms with Crippen molar-refractivity contribution in [3.8, 4) is 0 Å². The van der Waals surface area contributed by atoms with E-state index in [4.69, 9.17) is 4.74 Å². The molecule has 3 unspecified atom stereocenters.